The number of nitriles is 2. The van der Waals surface area contributed by atoms with E-state index < -0.39 is 0 Å². The molecule has 0 bridgehead atoms. The molecule has 25 heavy (non-hydrogen) atoms. The van der Waals surface area contributed by atoms with Gasteiger partial charge in [-0.25, -0.2) is 0 Å². The minimum atomic E-state index is 0.0771. The quantitative estimate of drug-likeness (QED) is 0.305. The third-order valence-electron chi connectivity index (χ3n) is 3.81. The maximum atomic E-state index is 8.97. The van der Waals surface area contributed by atoms with Gasteiger partial charge in [0, 0.05) is 0 Å². The van der Waals surface area contributed by atoms with Crippen LogP contribution in [-0.4, -0.2) is 21.6 Å². The van der Waals surface area contributed by atoms with Gasteiger partial charge in [-0.05, 0) is 0 Å². The molecule has 0 saturated carbocycles. The van der Waals surface area contributed by atoms with E-state index in [9.17, 15) is 0 Å². The van der Waals surface area contributed by atoms with Gasteiger partial charge in [0.1, 0.15) is 0 Å². The summed E-state index contributed by atoms with van der Waals surface area (Å²) in [5.41, 5.74) is 1.36. The molecule has 0 unspecified atom stereocenters. The molecule has 2 rings (SSSR count). The normalized spacial score (nSPS) is 13.1. The summed E-state index contributed by atoms with van der Waals surface area (Å²) in [7, 11) is 0. The number of thioether (sulfide) groups is 1. The van der Waals surface area contributed by atoms with Crippen LogP contribution in [0.2, 0.25) is 0 Å². The van der Waals surface area contributed by atoms with E-state index in [1.54, 1.807) is 11.8 Å². The average Bonchev–Trinajstić information content (AvgIpc) is 3.12. The van der Waals surface area contributed by atoms with Gasteiger partial charge in [-0.1, -0.05) is 19.8 Å². The van der Waals surface area contributed by atoms with Gasteiger partial charge in [0.2, 0.25) is 0 Å². The standard InChI is InChI=1S/C20H22N2OSSe/c1-2-3-4-5-6-7-12-23-18-10-8-16(9-11-18)19-15-25-20(24-19)17(13-21)14-22/h8-11,15H,2-7,12H2,1H3. The summed E-state index contributed by atoms with van der Waals surface area (Å²) in [6, 6.07) is 12.1. The van der Waals surface area contributed by atoms with Crippen LogP contribution in [0.25, 0.3) is 4.91 Å². The number of hydrogen-bond donors (Lipinski definition) is 0. The van der Waals surface area contributed by atoms with Crippen molar-refractivity contribution in [1.82, 2.24) is 0 Å². The molecule has 1 heterocycles. The number of benzene rings is 1. The maximum absolute atomic E-state index is 8.97. The van der Waals surface area contributed by atoms with Crippen LogP contribution in [0.4, 0.5) is 0 Å². The van der Waals surface area contributed by atoms with E-state index in [1.165, 1.54) is 32.1 Å². The minimum absolute atomic E-state index is 0.0771. The summed E-state index contributed by atoms with van der Waals surface area (Å²) in [6.07, 6.45) is 7.58. The second-order valence-electron chi connectivity index (χ2n) is 5.73. The second-order valence-corrected chi connectivity index (χ2v) is 9.21. The fraction of sp³-hybridized carbons (Fsp3) is 0.400. The molecule has 0 atom stereocenters. The molecule has 3 nitrogen and oxygen atoms in total. The zero-order valence-corrected chi connectivity index (χ0v) is 17.0. The van der Waals surface area contributed by atoms with Gasteiger partial charge in [0.05, 0.1) is 0 Å². The summed E-state index contributed by atoms with van der Waals surface area (Å²) < 4.78 is 6.71. The molecule has 5 heteroatoms. The van der Waals surface area contributed by atoms with E-state index in [-0.39, 0.29) is 20.5 Å². The third kappa shape index (κ3) is 6.29. The predicted octanol–water partition coefficient (Wildman–Crippen LogP) is 5.43. The van der Waals surface area contributed by atoms with Gasteiger partial charge < -0.3 is 0 Å². The molecule has 1 aliphatic rings. The number of nitrogens with zero attached hydrogens (tertiary/aromatic N) is 2. The van der Waals surface area contributed by atoms with Gasteiger partial charge in [-0.15, -0.1) is 0 Å². The van der Waals surface area contributed by atoms with E-state index in [0.717, 1.165) is 33.0 Å². The first kappa shape index (κ1) is 19.7. The van der Waals surface area contributed by atoms with Crippen LogP contribution in [0.3, 0.4) is 0 Å². The molecule has 1 aliphatic heterocycles. The van der Waals surface area contributed by atoms with Crippen LogP contribution in [0.1, 0.15) is 51.0 Å². The number of ether oxygens (including phenoxy) is 1. The van der Waals surface area contributed by atoms with Crippen LogP contribution in [0, 0.1) is 22.7 Å². The van der Waals surface area contributed by atoms with Crippen molar-refractivity contribution in [2.75, 3.05) is 6.61 Å². The number of unbranched alkanes of at least 4 members (excludes halogenated alkanes) is 5. The Hall–Kier alpha value is -1.65. The zero-order chi connectivity index (χ0) is 17.9. The number of rotatable bonds is 9. The Morgan fingerprint density at radius 2 is 1.72 bits per heavy atom. The molecular formula is C20H22N2OSSe. The van der Waals surface area contributed by atoms with Crippen molar-refractivity contribution in [1.29, 1.82) is 10.5 Å². The molecule has 0 saturated heterocycles. The van der Waals surface area contributed by atoms with Crippen LogP contribution in [0.15, 0.2) is 38.6 Å². The van der Waals surface area contributed by atoms with Gasteiger partial charge in [0.15, 0.2) is 0 Å². The van der Waals surface area contributed by atoms with Crippen molar-refractivity contribution >= 4 is 31.6 Å². The third-order valence-corrected chi connectivity index (χ3v) is 7.75. The molecule has 0 spiro atoms. The van der Waals surface area contributed by atoms with Crippen LogP contribution in [-0.2, 0) is 0 Å². The molecule has 0 amide bonds. The van der Waals surface area contributed by atoms with Crippen LogP contribution < -0.4 is 4.74 Å². The first-order valence-electron chi connectivity index (χ1n) is 8.61. The fourth-order valence-corrected chi connectivity index (χ4v) is 5.98. The van der Waals surface area contributed by atoms with E-state index in [1.807, 2.05) is 36.4 Å². The molecule has 0 aromatic heterocycles. The average molecular weight is 417 g/mol. The van der Waals surface area contributed by atoms with Crippen molar-refractivity contribution in [3.8, 4) is 17.9 Å². The number of allylic oxidation sites excluding steroid dienone is 1. The molecule has 130 valence electrons. The first-order valence-corrected chi connectivity index (χ1v) is 11.3. The van der Waals surface area contributed by atoms with Gasteiger partial charge in [0.25, 0.3) is 0 Å². The van der Waals surface area contributed by atoms with Crippen molar-refractivity contribution in [2.24, 2.45) is 0 Å². The topological polar surface area (TPSA) is 56.8 Å². The second kappa shape index (κ2) is 11.1. The summed E-state index contributed by atoms with van der Waals surface area (Å²) >= 11 is 1.62. The first-order chi connectivity index (χ1) is 12.3. The van der Waals surface area contributed by atoms with Crippen molar-refractivity contribution in [3.05, 3.63) is 44.2 Å². The van der Waals surface area contributed by atoms with Crippen LogP contribution in [0.5, 0.6) is 5.75 Å². The van der Waals surface area contributed by atoms with Crippen molar-refractivity contribution in [3.63, 3.8) is 0 Å². The molecule has 0 N–H and O–H groups in total. The van der Waals surface area contributed by atoms with E-state index in [4.69, 9.17) is 15.3 Å². The predicted molar refractivity (Wildman–Crippen MR) is 105 cm³/mol. The Labute approximate surface area is 160 Å². The molecular weight excluding hydrogens is 395 g/mol. The Morgan fingerprint density at radius 1 is 1.04 bits per heavy atom. The van der Waals surface area contributed by atoms with Crippen molar-refractivity contribution < 1.29 is 4.74 Å². The molecule has 0 aliphatic carbocycles. The molecule has 0 fully saturated rings. The Kier molecular flexibility index (Phi) is 8.70. The van der Waals surface area contributed by atoms with E-state index >= 15 is 0 Å². The SMILES string of the molecule is CCCCCCCCOc1ccc(C2=C[Se]C(=C(C#N)C#N)S2)cc1. The Morgan fingerprint density at radius 3 is 2.40 bits per heavy atom. The number of hydrogen-bond acceptors (Lipinski definition) is 4. The van der Waals surface area contributed by atoms with Gasteiger partial charge in [-0.3, -0.25) is 0 Å². The monoisotopic (exact) mass is 418 g/mol. The van der Waals surface area contributed by atoms with Crippen LogP contribution >= 0.6 is 11.8 Å². The Bertz CT molecular complexity index is 695. The molecule has 0 radical (unpaired) electrons. The summed E-state index contributed by atoms with van der Waals surface area (Å²) in [6.45, 7) is 3.00. The van der Waals surface area contributed by atoms with Gasteiger partial charge in [-0.2, -0.15) is 0 Å². The molecule has 1 aromatic carbocycles. The summed E-state index contributed by atoms with van der Waals surface area (Å²) in [5, 5.41) is 17.9. The van der Waals surface area contributed by atoms with Gasteiger partial charge >= 0.3 is 141 Å². The summed E-state index contributed by atoms with van der Waals surface area (Å²) in [5.74, 6) is 0.900. The van der Waals surface area contributed by atoms with E-state index in [2.05, 4.69) is 11.9 Å². The van der Waals surface area contributed by atoms with Crippen molar-refractivity contribution in [2.45, 2.75) is 45.4 Å². The fourth-order valence-electron chi connectivity index (χ4n) is 2.40. The zero-order valence-electron chi connectivity index (χ0n) is 14.5. The summed E-state index contributed by atoms with van der Waals surface area (Å²) in [4.78, 5) is 3.26. The van der Waals surface area contributed by atoms with E-state index in [0.29, 0.717) is 0 Å². The Balaban J connectivity index is 1.78. The molecule has 1 aromatic rings.